The van der Waals surface area contributed by atoms with Gasteiger partial charge in [0.05, 0.1) is 0 Å². The molecule has 1 aliphatic heterocycles. The molecule has 1 aliphatic rings. The van der Waals surface area contributed by atoms with E-state index in [4.69, 9.17) is 16.3 Å². The van der Waals surface area contributed by atoms with Gasteiger partial charge in [-0.1, -0.05) is 54.1 Å². The van der Waals surface area contributed by atoms with Crippen molar-refractivity contribution in [2.75, 3.05) is 0 Å². The second-order valence-electron chi connectivity index (χ2n) is 4.85. The van der Waals surface area contributed by atoms with Gasteiger partial charge >= 0.3 is 0 Å². The van der Waals surface area contributed by atoms with Crippen LogP contribution in [0.3, 0.4) is 0 Å². The predicted molar refractivity (Wildman–Crippen MR) is 77.1 cm³/mol. The van der Waals surface area contributed by atoms with E-state index in [2.05, 4.69) is 24.4 Å². The van der Waals surface area contributed by atoms with Crippen molar-refractivity contribution in [3.8, 4) is 0 Å². The van der Waals surface area contributed by atoms with Crippen molar-refractivity contribution >= 4 is 11.6 Å². The molecule has 19 heavy (non-hydrogen) atoms. The van der Waals surface area contributed by atoms with Crippen molar-refractivity contribution in [3.05, 3.63) is 70.7 Å². The summed E-state index contributed by atoms with van der Waals surface area (Å²) in [4.78, 5) is 0. The molecule has 1 N–H and O–H groups in total. The first kappa shape index (κ1) is 12.7. The number of rotatable bonds is 2. The molecule has 1 saturated heterocycles. The van der Waals surface area contributed by atoms with Crippen LogP contribution in [-0.4, -0.2) is 6.04 Å². The van der Waals surface area contributed by atoms with Crippen LogP contribution in [0.5, 0.6) is 0 Å². The number of hydrogen-bond donors (Lipinski definition) is 1. The van der Waals surface area contributed by atoms with Gasteiger partial charge in [0, 0.05) is 11.1 Å². The monoisotopic (exact) mass is 273 g/mol. The zero-order chi connectivity index (χ0) is 13.2. The van der Waals surface area contributed by atoms with Gasteiger partial charge in [0.15, 0.2) is 0 Å². The Bertz CT molecular complexity index is 540. The molecule has 0 unspecified atom stereocenters. The van der Waals surface area contributed by atoms with Gasteiger partial charge in [-0.25, -0.2) is 0 Å². The molecule has 1 heterocycles. The summed E-state index contributed by atoms with van der Waals surface area (Å²) in [6.07, 6.45) is 0.0133. The van der Waals surface area contributed by atoms with E-state index in [9.17, 15) is 0 Å². The van der Waals surface area contributed by atoms with Crippen molar-refractivity contribution < 1.29 is 4.74 Å². The summed E-state index contributed by atoms with van der Waals surface area (Å²) in [5, 5.41) is 4.22. The summed E-state index contributed by atoms with van der Waals surface area (Å²) in [7, 11) is 0. The van der Waals surface area contributed by atoms with Crippen LogP contribution >= 0.6 is 11.6 Å². The number of hydrogen-bond acceptors (Lipinski definition) is 2. The minimum Gasteiger partial charge on any atom is -0.350 e. The normalized spacial score (nSPS) is 26.5. The molecule has 3 atom stereocenters. The highest BCUT2D eigenvalue weighted by Gasteiger charge is 2.33. The van der Waals surface area contributed by atoms with E-state index in [0.29, 0.717) is 0 Å². The van der Waals surface area contributed by atoms with Crippen LogP contribution < -0.4 is 5.32 Å². The fourth-order valence-electron chi connectivity index (χ4n) is 2.45. The molecule has 3 rings (SSSR count). The summed E-state index contributed by atoms with van der Waals surface area (Å²) in [6.45, 7) is 2.15. The number of ether oxygens (including phenoxy) is 1. The van der Waals surface area contributed by atoms with Crippen LogP contribution in [0.2, 0.25) is 5.02 Å². The molecular formula is C16H16ClNO. The first-order valence-electron chi connectivity index (χ1n) is 6.46. The number of benzene rings is 2. The first-order valence-corrected chi connectivity index (χ1v) is 6.84. The molecule has 2 aromatic rings. The maximum absolute atomic E-state index is 6.13. The zero-order valence-corrected chi connectivity index (χ0v) is 11.5. The van der Waals surface area contributed by atoms with Crippen LogP contribution in [0.15, 0.2) is 54.6 Å². The quantitative estimate of drug-likeness (QED) is 0.890. The molecule has 0 amide bonds. The molecule has 98 valence electrons. The zero-order valence-electron chi connectivity index (χ0n) is 10.7. The summed E-state index contributed by atoms with van der Waals surface area (Å²) < 4.78 is 6.13. The summed E-state index contributed by atoms with van der Waals surface area (Å²) >= 11 is 5.91. The molecule has 0 aromatic heterocycles. The number of nitrogens with one attached hydrogen (secondary N) is 1. The third-order valence-corrected chi connectivity index (χ3v) is 3.70. The number of halogens is 1. The van der Waals surface area contributed by atoms with E-state index in [-0.39, 0.29) is 18.4 Å². The highest BCUT2D eigenvalue weighted by molar-refractivity contribution is 6.30. The lowest BCUT2D eigenvalue weighted by Crippen LogP contribution is -2.23. The predicted octanol–water partition coefficient (Wildman–Crippen LogP) is 4.09. The Morgan fingerprint density at radius 1 is 0.947 bits per heavy atom. The van der Waals surface area contributed by atoms with Gasteiger partial charge in [0.2, 0.25) is 0 Å². The molecule has 0 aliphatic carbocycles. The highest BCUT2D eigenvalue weighted by atomic mass is 35.5. The minimum absolute atomic E-state index is 0.0718. The van der Waals surface area contributed by atoms with Gasteiger partial charge in [-0.2, -0.15) is 0 Å². The second-order valence-corrected chi connectivity index (χ2v) is 5.29. The van der Waals surface area contributed by atoms with E-state index < -0.39 is 0 Å². The van der Waals surface area contributed by atoms with Gasteiger partial charge in [0.25, 0.3) is 0 Å². The lowest BCUT2D eigenvalue weighted by Gasteiger charge is -2.14. The third-order valence-electron chi connectivity index (χ3n) is 3.45. The summed E-state index contributed by atoms with van der Waals surface area (Å²) in [6, 6.07) is 18.4. The van der Waals surface area contributed by atoms with Crippen LogP contribution in [0.25, 0.3) is 0 Å². The van der Waals surface area contributed by atoms with Crippen LogP contribution in [0, 0.1) is 0 Å². The van der Waals surface area contributed by atoms with E-state index in [0.717, 1.165) is 10.6 Å². The lowest BCUT2D eigenvalue weighted by molar-refractivity contribution is 0.0363. The molecule has 1 fully saturated rings. The Labute approximate surface area is 118 Å². The summed E-state index contributed by atoms with van der Waals surface area (Å²) in [5.41, 5.74) is 2.31. The fraction of sp³-hybridized carbons (Fsp3) is 0.250. The first-order chi connectivity index (χ1) is 9.24. The molecule has 2 aromatic carbocycles. The van der Waals surface area contributed by atoms with Crippen molar-refractivity contribution in [3.63, 3.8) is 0 Å². The Kier molecular flexibility index (Phi) is 3.56. The van der Waals surface area contributed by atoms with Gasteiger partial charge in [0.1, 0.15) is 12.3 Å². The Balaban J connectivity index is 1.80. The van der Waals surface area contributed by atoms with Crippen LogP contribution in [-0.2, 0) is 4.74 Å². The lowest BCUT2D eigenvalue weighted by atomic mass is 10.0. The molecule has 0 spiro atoms. The van der Waals surface area contributed by atoms with Crippen molar-refractivity contribution in [2.45, 2.75) is 25.3 Å². The van der Waals surface area contributed by atoms with Gasteiger partial charge in [-0.3, -0.25) is 5.32 Å². The Morgan fingerprint density at radius 2 is 1.63 bits per heavy atom. The topological polar surface area (TPSA) is 21.3 Å². The van der Waals surface area contributed by atoms with Gasteiger partial charge in [-0.15, -0.1) is 0 Å². The maximum Gasteiger partial charge on any atom is 0.135 e. The molecule has 2 nitrogen and oxygen atoms in total. The van der Waals surface area contributed by atoms with Crippen LogP contribution in [0.4, 0.5) is 0 Å². The molecule has 0 saturated carbocycles. The Morgan fingerprint density at radius 3 is 2.32 bits per heavy atom. The van der Waals surface area contributed by atoms with E-state index >= 15 is 0 Å². The Hall–Kier alpha value is -1.35. The smallest absolute Gasteiger partial charge is 0.135 e. The highest BCUT2D eigenvalue weighted by Crippen LogP contribution is 2.34. The SMILES string of the molecule is C[C@@H]1N[C@@H](c2ccc(Cl)cc2)O[C@@H]1c1ccccc1. The molecular weight excluding hydrogens is 258 g/mol. The molecule has 0 bridgehead atoms. The largest absolute Gasteiger partial charge is 0.350 e. The van der Waals surface area contributed by atoms with Gasteiger partial charge in [-0.05, 0) is 30.2 Å². The van der Waals surface area contributed by atoms with E-state index in [1.54, 1.807) is 0 Å². The fourth-order valence-corrected chi connectivity index (χ4v) is 2.58. The maximum atomic E-state index is 6.13. The van der Waals surface area contributed by atoms with E-state index in [1.165, 1.54) is 5.56 Å². The van der Waals surface area contributed by atoms with Crippen molar-refractivity contribution in [1.82, 2.24) is 5.32 Å². The van der Waals surface area contributed by atoms with Crippen molar-refractivity contribution in [1.29, 1.82) is 0 Å². The second kappa shape index (κ2) is 5.33. The van der Waals surface area contributed by atoms with E-state index in [1.807, 2.05) is 42.5 Å². The van der Waals surface area contributed by atoms with Gasteiger partial charge < -0.3 is 4.74 Å². The molecule has 3 heteroatoms. The standard InChI is InChI=1S/C16H16ClNO/c1-11-15(12-5-3-2-4-6-12)19-16(18-11)13-7-9-14(17)10-8-13/h2-11,15-16,18H,1H3/t11-,15-,16+/m0/s1. The van der Waals surface area contributed by atoms with Crippen LogP contribution in [0.1, 0.15) is 30.4 Å². The third kappa shape index (κ3) is 2.66. The van der Waals surface area contributed by atoms with Crippen molar-refractivity contribution in [2.24, 2.45) is 0 Å². The average Bonchev–Trinajstić information content (AvgIpc) is 2.83. The average molecular weight is 274 g/mol. The summed E-state index contributed by atoms with van der Waals surface area (Å²) in [5.74, 6) is 0. The molecule has 0 radical (unpaired) electrons. The minimum atomic E-state index is -0.0718.